The first kappa shape index (κ1) is 14.1. The molecule has 1 aliphatic carbocycles. The molecule has 0 heterocycles. The van der Waals surface area contributed by atoms with E-state index in [1.165, 1.54) is 22.3 Å². The standard InChI is InChI=1S/C22H20O/c1-14-8-11-21(23)18(12-14)15-9-10-17-16-6-4-5-7-19(16)22(2,3)20(17)13-15/h4-13,23H,1-3H3. The molecule has 0 atom stereocenters. The van der Waals surface area contributed by atoms with E-state index in [0.29, 0.717) is 5.75 Å². The molecule has 0 saturated carbocycles. The van der Waals surface area contributed by atoms with Gasteiger partial charge in [0.2, 0.25) is 0 Å². The Bertz CT molecular complexity index is 919. The maximum absolute atomic E-state index is 10.2. The lowest BCUT2D eigenvalue weighted by atomic mass is 9.81. The maximum atomic E-state index is 10.2. The Kier molecular flexibility index (Phi) is 2.89. The highest BCUT2D eigenvalue weighted by molar-refractivity contribution is 5.84. The van der Waals surface area contributed by atoms with E-state index in [0.717, 1.165) is 16.7 Å². The molecule has 1 N–H and O–H groups in total. The summed E-state index contributed by atoms with van der Waals surface area (Å²) in [5, 5.41) is 10.2. The summed E-state index contributed by atoms with van der Waals surface area (Å²) in [6.45, 7) is 6.60. The van der Waals surface area contributed by atoms with Gasteiger partial charge in [-0.15, -0.1) is 0 Å². The number of hydrogen-bond acceptors (Lipinski definition) is 1. The number of benzene rings is 3. The topological polar surface area (TPSA) is 20.2 Å². The molecule has 1 aliphatic rings. The molecule has 0 aliphatic heterocycles. The van der Waals surface area contributed by atoms with Gasteiger partial charge in [0.15, 0.2) is 0 Å². The molecule has 114 valence electrons. The monoisotopic (exact) mass is 300 g/mol. The van der Waals surface area contributed by atoms with E-state index >= 15 is 0 Å². The van der Waals surface area contributed by atoms with Gasteiger partial charge in [-0.3, -0.25) is 0 Å². The van der Waals surface area contributed by atoms with Gasteiger partial charge in [0.05, 0.1) is 0 Å². The molecule has 23 heavy (non-hydrogen) atoms. The molecule has 0 amide bonds. The van der Waals surface area contributed by atoms with Crippen molar-refractivity contribution in [3.8, 4) is 28.0 Å². The van der Waals surface area contributed by atoms with Crippen molar-refractivity contribution in [2.75, 3.05) is 0 Å². The Morgan fingerprint density at radius 1 is 0.739 bits per heavy atom. The average Bonchev–Trinajstić information content (AvgIpc) is 2.78. The molecule has 3 aromatic rings. The zero-order valence-electron chi connectivity index (χ0n) is 13.7. The van der Waals surface area contributed by atoms with Crippen LogP contribution in [0.3, 0.4) is 0 Å². The predicted octanol–water partition coefficient (Wildman–Crippen LogP) is 5.67. The van der Waals surface area contributed by atoms with Crippen LogP contribution in [0.5, 0.6) is 5.75 Å². The van der Waals surface area contributed by atoms with Gasteiger partial charge in [-0.1, -0.05) is 61.9 Å². The Hall–Kier alpha value is -2.54. The minimum absolute atomic E-state index is 0.0125. The van der Waals surface area contributed by atoms with Gasteiger partial charge >= 0.3 is 0 Å². The maximum Gasteiger partial charge on any atom is 0.123 e. The van der Waals surface area contributed by atoms with Gasteiger partial charge in [-0.05, 0) is 52.9 Å². The van der Waals surface area contributed by atoms with Crippen LogP contribution in [0.2, 0.25) is 0 Å². The number of phenolic OH excluding ortho intramolecular Hbond substituents is 1. The predicted molar refractivity (Wildman–Crippen MR) is 95.8 cm³/mol. The van der Waals surface area contributed by atoms with Crippen molar-refractivity contribution >= 4 is 0 Å². The minimum atomic E-state index is -0.0125. The Morgan fingerprint density at radius 3 is 2.30 bits per heavy atom. The van der Waals surface area contributed by atoms with Crippen LogP contribution >= 0.6 is 0 Å². The molecular formula is C22H20O. The molecule has 0 unspecified atom stereocenters. The van der Waals surface area contributed by atoms with Gasteiger partial charge in [0.1, 0.15) is 5.75 Å². The van der Waals surface area contributed by atoms with E-state index in [-0.39, 0.29) is 5.41 Å². The fourth-order valence-corrected chi connectivity index (χ4v) is 3.75. The molecule has 0 fully saturated rings. The van der Waals surface area contributed by atoms with Crippen molar-refractivity contribution in [1.29, 1.82) is 0 Å². The van der Waals surface area contributed by atoms with Crippen LogP contribution < -0.4 is 0 Å². The van der Waals surface area contributed by atoms with Gasteiger partial charge in [-0.25, -0.2) is 0 Å². The second-order valence-electron chi connectivity index (χ2n) is 6.95. The number of aryl methyl sites for hydroxylation is 1. The quantitative estimate of drug-likeness (QED) is 0.613. The molecule has 3 aromatic carbocycles. The average molecular weight is 300 g/mol. The first-order valence-electron chi connectivity index (χ1n) is 8.03. The van der Waals surface area contributed by atoms with Crippen molar-refractivity contribution in [1.82, 2.24) is 0 Å². The van der Waals surface area contributed by atoms with E-state index < -0.39 is 0 Å². The largest absolute Gasteiger partial charge is 0.507 e. The SMILES string of the molecule is Cc1ccc(O)c(-c2ccc3c(c2)C(C)(C)c2ccccc2-3)c1. The lowest BCUT2D eigenvalue weighted by molar-refractivity contribution is 0.477. The highest BCUT2D eigenvalue weighted by atomic mass is 16.3. The molecular weight excluding hydrogens is 280 g/mol. The number of rotatable bonds is 1. The van der Waals surface area contributed by atoms with Crippen LogP contribution in [0, 0.1) is 6.92 Å². The third-order valence-electron chi connectivity index (χ3n) is 5.05. The van der Waals surface area contributed by atoms with Gasteiger partial charge in [-0.2, -0.15) is 0 Å². The van der Waals surface area contributed by atoms with Crippen LogP contribution in [0.4, 0.5) is 0 Å². The number of aromatic hydroxyl groups is 1. The number of fused-ring (bicyclic) bond motifs is 3. The summed E-state index contributed by atoms with van der Waals surface area (Å²) in [6, 6.07) is 20.9. The van der Waals surface area contributed by atoms with E-state index in [9.17, 15) is 5.11 Å². The molecule has 0 bridgehead atoms. The van der Waals surface area contributed by atoms with Crippen LogP contribution in [0.15, 0.2) is 60.7 Å². The van der Waals surface area contributed by atoms with Crippen molar-refractivity contribution < 1.29 is 5.11 Å². The smallest absolute Gasteiger partial charge is 0.123 e. The Morgan fingerprint density at radius 2 is 1.48 bits per heavy atom. The third kappa shape index (κ3) is 2.00. The van der Waals surface area contributed by atoms with Gasteiger partial charge in [0.25, 0.3) is 0 Å². The highest BCUT2D eigenvalue weighted by Crippen LogP contribution is 2.49. The molecule has 1 heteroatoms. The summed E-state index contributed by atoms with van der Waals surface area (Å²) in [6.07, 6.45) is 0. The van der Waals surface area contributed by atoms with E-state index in [4.69, 9.17) is 0 Å². The summed E-state index contributed by atoms with van der Waals surface area (Å²) < 4.78 is 0. The van der Waals surface area contributed by atoms with Crippen LogP contribution in [-0.2, 0) is 5.41 Å². The number of phenols is 1. The molecule has 0 aromatic heterocycles. The zero-order valence-corrected chi connectivity index (χ0v) is 13.7. The van der Waals surface area contributed by atoms with Crippen molar-refractivity contribution in [3.63, 3.8) is 0 Å². The lowest BCUT2D eigenvalue weighted by Crippen LogP contribution is -2.14. The van der Waals surface area contributed by atoms with Gasteiger partial charge in [0, 0.05) is 11.0 Å². The highest BCUT2D eigenvalue weighted by Gasteiger charge is 2.35. The van der Waals surface area contributed by atoms with Crippen LogP contribution in [-0.4, -0.2) is 5.11 Å². The molecule has 0 spiro atoms. The van der Waals surface area contributed by atoms with E-state index in [1.807, 2.05) is 12.1 Å². The first-order valence-corrected chi connectivity index (χ1v) is 8.03. The van der Waals surface area contributed by atoms with Crippen LogP contribution in [0.25, 0.3) is 22.3 Å². The zero-order chi connectivity index (χ0) is 16.2. The molecule has 0 saturated heterocycles. The van der Waals surface area contributed by atoms with E-state index in [1.54, 1.807) is 6.07 Å². The molecule has 0 radical (unpaired) electrons. The second-order valence-corrected chi connectivity index (χ2v) is 6.95. The van der Waals surface area contributed by atoms with Crippen LogP contribution in [0.1, 0.15) is 30.5 Å². The minimum Gasteiger partial charge on any atom is -0.507 e. The summed E-state index contributed by atoms with van der Waals surface area (Å²) in [5.41, 5.74) is 8.46. The fraction of sp³-hybridized carbons (Fsp3) is 0.182. The molecule has 1 nitrogen and oxygen atoms in total. The van der Waals surface area contributed by atoms with Gasteiger partial charge < -0.3 is 5.11 Å². The first-order chi connectivity index (χ1) is 11.0. The molecule has 4 rings (SSSR count). The normalized spacial score (nSPS) is 14.4. The third-order valence-corrected chi connectivity index (χ3v) is 5.05. The second kappa shape index (κ2) is 4.73. The summed E-state index contributed by atoms with van der Waals surface area (Å²) in [4.78, 5) is 0. The van der Waals surface area contributed by atoms with E-state index in [2.05, 4.69) is 63.2 Å². The summed E-state index contributed by atoms with van der Waals surface area (Å²) in [5.74, 6) is 0.337. The van der Waals surface area contributed by atoms with Crippen molar-refractivity contribution in [2.45, 2.75) is 26.2 Å². The Labute approximate surface area is 137 Å². The summed E-state index contributed by atoms with van der Waals surface area (Å²) >= 11 is 0. The number of hydrogen-bond donors (Lipinski definition) is 1. The summed E-state index contributed by atoms with van der Waals surface area (Å²) in [7, 11) is 0. The lowest BCUT2D eigenvalue weighted by Gasteiger charge is -2.22. The fourth-order valence-electron chi connectivity index (χ4n) is 3.75. The van der Waals surface area contributed by atoms with Crippen molar-refractivity contribution in [2.24, 2.45) is 0 Å². The van der Waals surface area contributed by atoms with Crippen molar-refractivity contribution in [3.05, 3.63) is 77.4 Å². The Balaban J connectivity index is 1.94.